The van der Waals surface area contributed by atoms with E-state index in [2.05, 4.69) is 84.6 Å². The summed E-state index contributed by atoms with van der Waals surface area (Å²) in [5, 5.41) is 0. The van der Waals surface area contributed by atoms with Gasteiger partial charge in [0, 0.05) is 6.54 Å². The van der Waals surface area contributed by atoms with Gasteiger partial charge in [-0.25, -0.2) is 0 Å². The third kappa shape index (κ3) is 1.97. The van der Waals surface area contributed by atoms with Crippen molar-refractivity contribution < 1.29 is 0 Å². The largest absolute Gasteiger partial charge is 0.281 e. The molecule has 1 aliphatic carbocycles. The van der Waals surface area contributed by atoms with Crippen molar-refractivity contribution in [3.63, 3.8) is 0 Å². The second-order valence-electron chi connectivity index (χ2n) is 6.72. The van der Waals surface area contributed by atoms with Crippen molar-refractivity contribution in [1.29, 1.82) is 0 Å². The van der Waals surface area contributed by atoms with Crippen LogP contribution in [-0.4, -0.2) is 4.90 Å². The molecule has 2 aliphatic rings. The van der Waals surface area contributed by atoms with Gasteiger partial charge in [0.15, 0.2) is 0 Å². The standard InChI is InChI=1S/C22H19N/c1-15-10-12-16(13-11-15)14-23-21-19-8-4-2-6-17(19)18-7-3-5-9-20(18)22(21)23/h2-13,21-22H,14H2,1H3. The predicted octanol–water partition coefficient (Wildman–Crippen LogP) is 5.27. The maximum absolute atomic E-state index is 2.62. The van der Waals surface area contributed by atoms with Crippen LogP contribution in [-0.2, 0) is 6.54 Å². The summed E-state index contributed by atoms with van der Waals surface area (Å²) >= 11 is 0. The van der Waals surface area contributed by atoms with Crippen molar-refractivity contribution in [1.82, 2.24) is 4.90 Å². The van der Waals surface area contributed by atoms with Crippen molar-refractivity contribution in [3.8, 4) is 11.1 Å². The predicted molar refractivity (Wildman–Crippen MR) is 94.1 cm³/mol. The van der Waals surface area contributed by atoms with Crippen LogP contribution in [0, 0.1) is 6.92 Å². The van der Waals surface area contributed by atoms with E-state index in [1.54, 1.807) is 0 Å². The first-order valence-corrected chi connectivity index (χ1v) is 8.32. The van der Waals surface area contributed by atoms with Gasteiger partial charge in [0.1, 0.15) is 0 Å². The molecule has 1 nitrogen and oxygen atoms in total. The molecule has 3 aromatic carbocycles. The van der Waals surface area contributed by atoms with Crippen LogP contribution in [0.15, 0.2) is 72.8 Å². The molecule has 0 N–H and O–H groups in total. The second-order valence-corrected chi connectivity index (χ2v) is 6.72. The molecule has 3 aromatic rings. The van der Waals surface area contributed by atoms with Crippen LogP contribution in [0.2, 0.25) is 0 Å². The summed E-state index contributed by atoms with van der Waals surface area (Å²) in [4.78, 5) is 2.62. The van der Waals surface area contributed by atoms with Crippen molar-refractivity contribution in [2.45, 2.75) is 25.6 Å². The molecule has 2 unspecified atom stereocenters. The number of rotatable bonds is 2. The topological polar surface area (TPSA) is 3.01 Å². The Bertz CT molecular complexity index is 827. The average molecular weight is 297 g/mol. The first-order valence-electron chi connectivity index (χ1n) is 8.32. The van der Waals surface area contributed by atoms with E-state index in [1.165, 1.54) is 33.4 Å². The summed E-state index contributed by atoms with van der Waals surface area (Å²) in [6, 6.07) is 27.8. The fourth-order valence-corrected chi connectivity index (χ4v) is 4.07. The molecule has 0 bridgehead atoms. The van der Waals surface area contributed by atoms with E-state index in [0.717, 1.165) is 6.54 Å². The van der Waals surface area contributed by atoms with Gasteiger partial charge in [0.2, 0.25) is 0 Å². The second kappa shape index (κ2) is 4.81. The van der Waals surface area contributed by atoms with Gasteiger partial charge in [-0.2, -0.15) is 0 Å². The molecule has 1 aliphatic heterocycles. The summed E-state index contributed by atoms with van der Waals surface area (Å²) in [6.45, 7) is 3.17. The Balaban J connectivity index is 1.56. The van der Waals surface area contributed by atoms with Crippen molar-refractivity contribution in [2.75, 3.05) is 0 Å². The zero-order chi connectivity index (χ0) is 15.4. The molecule has 1 heterocycles. The van der Waals surface area contributed by atoms with E-state index in [4.69, 9.17) is 0 Å². The van der Waals surface area contributed by atoms with E-state index in [0.29, 0.717) is 12.1 Å². The van der Waals surface area contributed by atoms with Crippen LogP contribution in [0.3, 0.4) is 0 Å². The number of benzene rings is 3. The smallest absolute Gasteiger partial charge is 0.0562 e. The molecular weight excluding hydrogens is 278 g/mol. The highest BCUT2D eigenvalue weighted by Crippen LogP contribution is 2.62. The highest BCUT2D eigenvalue weighted by Gasteiger charge is 2.53. The third-order valence-electron chi connectivity index (χ3n) is 5.26. The van der Waals surface area contributed by atoms with Gasteiger partial charge in [0.25, 0.3) is 0 Å². The van der Waals surface area contributed by atoms with E-state index in [-0.39, 0.29) is 0 Å². The van der Waals surface area contributed by atoms with Crippen LogP contribution >= 0.6 is 0 Å². The van der Waals surface area contributed by atoms with Crippen molar-refractivity contribution >= 4 is 0 Å². The maximum atomic E-state index is 2.62. The van der Waals surface area contributed by atoms with Gasteiger partial charge in [-0.3, -0.25) is 4.90 Å². The van der Waals surface area contributed by atoms with Crippen LogP contribution < -0.4 is 0 Å². The molecule has 0 spiro atoms. The summed E-state index contributed by atoms with van der Waals surface area (Å²) < 4.78 is 0. The Labute approximate surface area is 137 Å². The summed E-state index contributed by atoms with van der Waals surface area (Å²) in [7, 11) is 0. The van der Waals surface area contributed by atoms with Gasteiger partial charge in [-0.05, 0) is 34.7 Å². The molecule has 5 rings (SSSR count). The minimum absolute atomic E-state index is 0.544. The fourth-order valence-electron chi connectivity index (χ4n) is 4.07. The quantitative estimate of drug-likeness (QED) is 0.582. The molecule has 112 valence electrons. The van der Waals surface area contributed by atoms with Crippen molar-refractivity contribution in [3.05, 3.63) is 95.1 Å². The van der Waals surface area contributed by atoms with Gasteiger partial charge in [0.05, 0.1) is 12.1 Å². The SMILES string of the molecule is Cc1ccc(CN2C3c4ccccc4-c4ccccc4C32)cc1. The summed E-state index contributed by atoms with van der Waals surface area (Å²) in [6.07, 6.45) is 0. The van der Waals surface area contributed by atoms with Crippen LogP contribution in [0.25, 0.3) is 11.1 Å². The Morgan fingerprint density at radius 2 is 1.22 bits per heavy atom. The number of hydrogen-bond donors (Lipinski definition) is 0. The van der Waals surface area contributed by atoms with E-state index in [9.17, 15) is 0 Å². The highest BCUT2D eigenvalue weighted by atomic mass is 15.4. The van der Waals surface area contributed by atoms with Crippen molar-refractivity contribution in [2.24, 2.45) is 0 Å². The number of hydrogen-bond acceptors (Lipinski definition) is 1. The first-order chi connectivity index (χ1) is 11.3. The van der Waals surface area contributed by atoms with Gasteiger partial charge in [-0.1, -0.05) is 78.4 Å². The zero-order valence-electron chi connectivity index (χ0n) is 13.2. The lowest BCUT2D eigenvalue weighted by Gasteiger charge is -2.16. The average Bonchev–Trinajstić information content (AvgIpc) is 3.32. The van der Waals surface area contributed by atoms with Gasteiger partial charge in [-0.15, -0.1) is 0 Å². The Morgan fingerprint density at radius 1 is 0.696 bits per heavy atom. The molecule has 1 fully saturated rings. The van der Waals surface area contributed by atoms with Gasteiger partial charge < -0.3 is 0 Å². The number of fused-ring (bicyclic) bond motifs is 6. The number of nitrogens with zero attached hydrogens (tertiary/aromatic N) is 1. The molecule has 1 heteroatoms. The van der Waals surface area contributed by atoms with E-state index < -0.39 is 0 Å². The van der Waals surface area contributed by atoms with Gasteiger partial charge >= 0.3 is 0 Å². The molecule has 0 radical (unpaired) electrons. The minimum Gasteiger partial charge on any atom is -0.281 e. The Hall–Kier alpha value is -2.38. The fraction of sp³-hybridized carbons (Fsp3) is 0.182. The molecule has 0 amide bonds. The summed E-state index contributed by atoms with van der Waals surface area (Å²) in [5.41, 5.74) is 8.53. The van der Waals surface area contributed by atoms with Crippen LogP contribution in [0.1, 0.15) is 34.3 Å². The Morgan fingerprint density at radius 3 is 1.78 bits per heavy atom. The molecule has 2 atom stereocenters. The monoisotopic (exact) mass is 297 g/mol. The normalized spacial score (nSPS) is 23.6. The molecule has 0 saturated carbocycles. The highest BCUT2D eigenvalue weighted by molar-refractivity contribution is 5.76. The third-order valence-corrected chi connectivity index (χ3v) is 5.26. The lowest BCUT2D eigenvalue weighted by atomic mass is 9.86. The van der Waals surface area contributed by atoms with Crippen LogP contribution in [0.5, 0.6) is 0 Å². The number of aryl methyl sites for hydroxylation is 1. The molecule has 1 saturated heterocycles. The van der Waals surface area contributed by atoms with Crippen LogP contribution in [0.4, 0.5) is 0 Å². The minimum atomic E-state index is 0.544. The Kier molecular flexibility index (Phi) is 2.74. The lowest BCUT2D eigenvalue weighted by Crippen LogP contribution is -1.99. The summed E-state index contributed by atoms with van der Waals surface area (Å²) in [5.74, 6) is 0. The zero-order valence-corrected chi connectivity index (χ0v) is 13.2. The van der Waals surface area contributed by atoms with E-state index in [1.807, 2.05) is 0 Å². The molecule has 23 heavy (non-hydrogen) atoms. The first kappa shape index (κ1) is 13.1. The van der Waals surface area contributed by atoms with E-state index >= 15 is 0 Å². The molecule has 0 aromatic heterocycles. The maximum Gasteiger partial charge on any atom is 0.0562 e. The molecular formula is C22H19N. The lowest BCUT2D eigenvalue weighted by molar-refractivity contribution is 0.482.